The van der Waals surface area contributed by atoms with Crippen LogP contribution in [0.3, 0.4) is 0 Å². The smallest absolute Gasteiger partial charge is 0.353 e. The summed E-state index contributed by atoms with van der Waals surface area (Å²) in [6, 6.07) is 19.1. The lowest BCUT2D eigenvalue weighted by molar-refractivity contribution is -0.136. The minimum Gasteiger partial charge on any atom is -0.480 e. The fourth-order valence-corrected chi connectivity index (χ4v) is 3.15. The van der Waals surface area contributed by atoms with Gasteiger partial charge in [-0.05, 0) is 0 Å². The molecule has 160 valence electrons. The number of hydrogen-bond acceptors (Lipinski definition) is 6. The summed E-state index contributed by atoms with van der Waals surface area (Å²) in [5.41, 5.74) is 0.978. The highest BCUT2D eigenvalue weighted by molar-refractivity contribution is 7.51. The molecule has 11 heteroatoms. The molecular weight excluding hydrogens is 415 g/mol. The van der Waals surface area contributed by atoms with Gasteiger partial charge in [0, 0.05) is 11.1 Å². The zero-order valence-electron chi connectivity index (χ0n) is 15.7. The molecule has 0 saturated carbocycles. The van der Waals surface area contributed by atoms with Gasteiger partial charge in [-0.1, -0.05) is 65.8 Å². The van der Waals surface area contributed by atoms with Crippen molar-refractivity contribution in [3.05, 3.63) is 71.8 Å². The number of nitrogens with one attached hydrogen (secondary N) is 1. The lowest BCUT2D eigenvalue weighted by atomic mass is 9.82. The summed E-state index contributed by atoms with van der Waals surface area (Å²) < 4.78 is 10.1. The molecule has 2 aromatic carbocycles. The van der Waals surface area contributed by atoms with Crippen molar-refractivity contribution in [2.45, 2.75) is 12.0 Å². The second-order valence-corrected chi connectivity index (χ2v) is 7.96. The van der Waals surface area contributed by atoms with E-state index in [0.29, 0.717) is 0 Å². The van der Waals surface area contributed by atoms with Crippen LogP contribution in [0, 0.1) is 0 Å². The minimum atomic E-state index is -4.10. The maximum atomic E-state index is 11.1. The summed E-state index contributed by atoms with van der Waals surface area (Å²) in [4.78, 5) is 42.9. The number of hydrogen-bond donors (Lipinski definition) is 5. The van der Waals surface area contributed by atoms with Gasteiger partial charge in [-0.3, -0.25) is 14.7 Å². The standard InChI is InChI=1S/C16H13NO3.C3H8NO5P/c18-15(19)14-11-16(20-17-14,12-7-3-1-4-8-12)13-9-5-2-6-10-13;5-3(6)1-4-2-10(7,8)9/h1-10H,11H2,(H,18,19);4H,1-2H2,(H,5,6)(H2,7,8,9). The van der Waals surface area contributed by atoms with E-state index in [0.717, 1.165) is 11.1 Å². The molecule has 0 bridgehead atoms. The predicted molar refractivity (Wildman–Crippen MR) is 107 cm³/mol. The van der Waals surface area contributed by atoms with Crippen molar-refractivity contribution in [1.82, 2.24) is 5.32 Å². The van der Waals surface area contributed by atoms with Crippen LogP contribution in [-0.2, 0) is 24.6 Å². The van der Waals surface area contributed by atoms with Crippen LogP contribution < -0.4 is 5.32 Å². The first-order valence-corrected chi connectivity index (χ1v) is 10.5. The van der Waals surface area contributed by atoms with Crippen LogP contribution in [0.15, 0.2) is 65.8 Å². The van der Waals surface area contributed by atoms with E-state index in [9.17, 15) is 14.2 Å². The molecule has 1 aliphatic rings. The van der Waals surface area contributed by atoms with Crippen LogP contribution in [-0.4, -0.2) is 50.5 Å². The van der Waals surface area contributed by atoms with Crippen molar-refractivity contribution in [3.8, 4) is 0 Å². The molecule has 5 N–H and O–H groups in total. The van der Waals surface area contributed by atoms with Crippen LogP contribution in [0.25, 0.3) is 0 Å². The Labute approximate surface area is 172 Å². The molecule has 0 aliphatic carbocycles. The number of oxime groups is 1. The zero-order chi connectivity index (χ0) is 22.2. The molecule has 1 aliphatic heterocycles. The van der Waals surface area contributed by atoms with E-state index in [2.05, 4.69) is 10.5 Å². The van der Waals surface area contributed by atoms with Gasteiger partial charge in [-0.2, -0.15) is 0 Å². The third-order valence-electron chi connectivity index (χ3n) is 4.05. The lowest BCUT2D eigenvalue weighted by Gasteiger charge is -2.27. The summed E-state index contributed by atoms with van der Waals surface area (Å²) in [6.07, 6.45) is -0.379. The predicted octanol–water partition coefficient (Wildman–Crippen LogP) is 1.59. The fraction of sp³-hybridized carbons (Fsp3) is 0.211. The van der Waals surface area contributed by atoms with Crippen LogP contribution in [0.4, 0.5) is 0 Å². The van der Waals surface area contributed by atoms with Crippen molar-refractivity contribution in [3.63, 3.8) is 0 Å². The van der Waals surface area contributed by atoms with Gasteiger partial charge in [-0.15, -0.1) is 0 Å². The maximum absolute atomic E-state index is 11.1. The average Bonchev–Trinajstić information content (AvgIpc) is 3.16. The Hall–Kier alpha value is -3.04. The molecule has 10 nitrogen and oxygen atoms in total. The number of carboxylic acids is 2. The molecule has 2 aromatic rings. The Morgan fingerprint density at radius 3 is 1.87 bits per heavy atom. The van der Waals surface area contributed by atoms with Gasteiger partial charge in [0.05, 0.1) is 19.3 Å². The third-order valence-corrected chi connectivity index (χ3v) is 4.68. The normalized spacial score (nSPS) is 14.7. The molecule has 0 atom stereocenters. The van der Waals surface area contributed by atoms with Crippen LogP contribution in [0.2, 0.25) is 0 Å². The van der Waals surface area contributed by atoms with E-state index >= 15 is 0 Å². The highest BCUT2D eigenvalue weighted by Gasteiger charge is 2.44. The number of rotatable bonds is 7. The fourth-order valence-electron chi connectivity index (χ4n) is 2.75. The van der Waals surface area contributed by atoms with E-state index in [4.69, 9.17) is 24.8 Å². The summed E-state index contributed by atoms with van der Waals surface area (Å²) in [6.45, 7) is -0.439. The van der Waals surface area contributed by atoms with Gasteiger partial charge in [0.2, 0.25) is 0 Å². The van der Waals surface area contributed by atoms with E-state index in [1.807, 2.05) is 60.7 Å². The molecule has 0 radical (unpaired) electrons. The van der Waals surface area contributed by atoms with Gasteiger partial charge in [0.15, 0.2) is 11.3 Å². The zero-order valence-corrected chi connectivity index (χ0v) is 16.6. The highest BCUT2D eigenvalue weighted by Crippen LogP contribution is 2.41. The molecule has 0 aromatic heterocycles. The summed E-state index contributed by atoms with van der Waals surface area (Å²) in [7, 11) is -4.10. The monoisotopic (exact) mass is 436 g/mol. The minimum absolute atomic E-state index is 0.0395. The Morgan fingerprint density at radius 2 is 1.50 bits per heavy atom. The molecule has 0 saturated heterocycles. The van der Waals surface area contributed by atoms with E-state index in [1.165, 1.54) is 0 Å². The maximum Gasteiger partial charge on any atom is 0.353 e. The Balaban J connectivity index is 0.000000274. The number of carbonyl (C=O) groups is 2. The Kier molecular flexibility index (Phi) is 7.85. The summed E-state index contributed by atoms with van der Waals surface area (Å²) in [5.74, 6) is -2.19. The first kappa shape index (κ1) is 23.2. The van der Waals surface area contributed by atoms with Crippen molar-refractivity contribution >= 4 is 25.2 Å². The molecule has 0 amide bonds. The van der Waals surface area contributed by atoms with Gasteiger partial charge in [0.25, 0.3) is 0 Å². The van der Waals surface area contributed by atoms with Crippen molar-refractivity contribution in [1.29, 1.82) is 0 Å². The largest absolute Gasteiger partial charge is 0.480 e. The van der Waals surface area contributed by atoms with Gasteiger partial charge in [-0.25, -0.2) is 4.79 Å². The Morgan fingerprint density at radius 1 is 1.00 bits per heavy atom. The van der Waals surface area contributed by atoms with Crippen molar-refractivity contribution in [2.75, 3.05) is 12.8 Å². The molecule has 0 unspecified atom stereocenters. The summed E-state index contributed by atoms with van der Waals surface area (Å²) >= 11 is 0. The molecule has 1 heterocycles. The van der Waals surface area contributed by atoms with Crippen molar-refractivity contribution in [2.24, 2.45) is 5.16 Å². The number of aliphatic carboxylic acids is 2. The number of carboxylic acid groups (broad SMARTS) is 2. The second kappa shape index (κ2) is 10.1. The van der Waals surface area contributed by atoms with Crippen LogP contribution in [0.5, 0.6) is 0 Å². The SMILES string of the molecule is O=C(O)C1=NOC(c2ccccc2)(c2ccccc2)C1.O=C(O)CNCP(=O)(O)O. The van der Waals surface area contributed by atoms with E-state index < -0.39 is 38.0 Å². The van der Waals surface area contributed by atoms with Gasteiger partial charge < -0.3 is 24.8 Å². The first-order chi connectivity index (χ1) is 14.1. The van der Waals surface area contributed by atoms with Gasteiger partial charge in [0.1, 0.15) is 0 Å². The molecule has 30 heavy (non-hydrogen) atoms. The summed E-state index contributed by atoms with van der Waals surface area (Å²) in [5, 5.41) is 22.9. The molecule has 0 spiro atoms. The molecular formula is C19H21N2O8P. The van der Waals surface area contributed by atoms with E-state index in [-0.39, 0.29) is 12.1 Å². The first-order valence-electron chi connectivity index (χ1n) is 8.70. The topological polar surface area (TPSA) is 166 Å². The van der Waals surface area contributed by atoms with Crippen LogP contribution >= 0.6 is 7.60 Å². The number of nitrogens with zero attached hydrogens (tertiary/aromatic N) is 1. The average molecular weight is 436 g/mol. The third kappa shape index (κ3) is 6.50. The van der Waals surface area contributed by atoms with E-state index in [1.54, 1.807) is 0 Å². The van der Waals surface area contributed by atoms with Crippen LogP contribution in [0.1, 0.15) is 17.5 Å². The second-order valence-electron chi connectivity index (χ2n) is 6.31. The van der Waals surface area contributed by atoms with Gasteiger partial charge >= 0.3 is 19.5 Å². The molecule has 3 rings (SSSR count). The van der Waals surface area contributed by atoms with Crippen molar-refractivity contribution < 1.29 is 39.0 Å². The quantitative estimate of drug-likeness (QED) is 0.405. The Bertz CT molecular complexity index is 904. The highest BCUT2D eigenvalue weighted by atomic mass is 31.2. The molecule has 0 fully saturated rings. The number of benzene rings is 2. The lowest BCUT2D eigenvalue weighted by Crippen LogP contribution is -2.29.